The van der Waals surface area contributed by atoms with Crippen LogP contribution >= 0.6 is 0 Å². The molecule has 1 aromatic carbocycles. The van der Waals surface area contributed by atoms with Gasteiger partial charge in [0.05, 0.1) is 0 Å². The molecule has 1 atom stereocenters. The second kappa shape index (κ2) is 10.6. The van der Waals surface area contributed by atoms with Gasteiger partial charge in [-0.3, -0.25) is 0 Å². The highest BCUT2D eigenvalue weighted by Gasteiger charge is 2.06. The molecule has 0 amide bonds. The predicted octanol–water partition coefficient (Wildman–Crippen LogP) is 2.06. The van der Waals surface area contributed by atoms with Crippen molar-refractivity contribution in [2.24, 2.45) is 0 Å². The molecule has 0 spiro atoms. The Kier molecular flexibility index (Phi) is 9.06. The van der Waals surface area contributed by atoms with E-state index in [0.29, 0.717) is 13.2 Å². The van der Waals surface area contributed by atoms with Crippen molar-refractivity contribution in [2.75, 3.05) is 39.3 Å². The van der Waals surface area contributed by atoms with Crippen molar-refractivity contribution in [3.05, 3.63) is 29.8 Å². The molecule has 0 saturated heterocycles. The van der Waals surface area contributed by atoms with Gasteiger partial charge < -0.3 is 20.1 Å². The van der Waals surface area contributed by atoms with Crippen LogP contribution in [0.3, 0.4) is 0 Å². The highest BCUT2D eigenvalue weighted by Crippen LogP contribution is 2.12. The number of aliphatic hydroxyl groups excluding tert-OH is 1. The molecule has 0 aliphatic carbocycles. The number of benzene rings is 1. The summed E-state index contributed by atoms with van der Waals surface area (Å²) < 4.78 is 5.59. The van der Waals surface area contributed by atoms with E-state index in [1.807, 2.05) is 31.2 Å². The van der Waals surface area contributed by atoms with Crippen LogP contribution < -0.4 is 10.1 Å². The Hall–Kier alpha value is -1.10. The number of ether oxygens (including phenoxy) is 1. The lowest BCUT2D eigenvalue weighted by Gasteiger charge is -2.20. The van der Waals surface area contributed by atoms with Crippen LogP contribution in [0.1, 0.15) is 25.8 Å². The van der Waals surface area contributed by atoms with Gasteiger partial charge in [-0.05, 0) is 44.1 Å². The van der Waals surface area contributed by atoms with Crippen molar-refractivity contribution in [1.82, 2.24) is 10.2 Å². The van der Waals surface area contributed by atoms with Gasteiger partial charge >= 0.3 is 0 Å². The lowest BCUT2D eigenvalue weighted by atomic mass is 10.2. The smallest absolute Gasteiger partial charge is 0.119 e. The zero-order chi connectivity index (χ0) is 15.5. The van der Waals surface area contributed by atoms with Gasteiger partial charge in [0, 0.05) is 19.6 Å². The maximum absolute atomic E-state index is 9.90. The highest BCUT2D eigenvalue weighted by molar-refractivity contribution is 5.27. The number of aliphatic hydroxyl groups is 1. The van der Waals surface area contributed by atoms with Crippen molar-refractivity contribution in [3.8, 4) is 5.75 Å². The lowest BCUT2D eigenvalue weighted by molar-refractivity contribution is 0.105. The molecule has 120 valence electrons. The van der Waals surface area contributed by atoms with Crippen LogP contribution in [0, 0.1) is 6.92 Å². The van der Waals surface area contributed by atoms with Crippen LogP contribution in [0.5, 0.6) is 5.75 Å². The first kappa shape index (κ1) is 18.0. The minimum Gasteiger partial charge on any atom is -0.491 e. The minimum atomic E-state index is -0.480. The van der Waals surface area contributed by atoms with Crippen LogP contribution in [-0.4, -0.2) is 55.4 Å². The van der Waals surface area contributed by atoms with Crippen molar-refractivity contribution in [2.45, 2.75) is 33.3 Å². The van der Waals surface area contributed by atoms with E-state index in [-0.39, 0.29) is 0 Å². The first-order valence-electron chi connectivity index (χ1n) is 7.96. The average molecular weight is 294 g/mol. The van der Waals surface area contributed by atoms with E-state index < -0.39 is 6.10 Å². The summed E-state index contributed by atoms with van der Waals surface area (Å²) >= 11 is 0. The van der Waals surface area contributed by atoms with E-state index in [9.17, 15) is 5.11 Å². The fourth-order valence-corrected chi connectivity index (χ4v) is 2.21. The van der Waals surface area contributed by atoms with Crippen molar-refractivity contribution < 1.29 is 9.84 Å². The maximum atomic E-state index is 9.90. The number of rotatable bonds is 11. The van der Waals surface area contributed by atoms with E-state index in [4.69, 9.17) is 4.74 Å². The van der Waals surface area contributed by atoms with Crippen LogP contribution in [0.15, 0.2) is 24.3 Å². The fraction of sp³-hybridized carbons (Fsp3) is 0.647. The number of aryl methyl sites for hydroxylation is 1. The molecule has 0 aliphatic rings. The molecule has 4 nitrogen and oxygen atoms in total. The Morgan fingerprint density at radius 2 is 2.10 bits per heavy atom. The molecule has 0 aliphatic heterocycles. The Balaban J connectivity index is 2.12. The third kappa shape index (κ3) is 8.05. The second-order valence-electron chi connectivity index (χ2n) is 5.42. The maximum Gasteiger partial charge on any atom is 0.119 e. The summed E-state index contributed by atoms with van der Waals surface area (Å²) in [4.78, 5) is 2.41. The quantitative estimate of drug-likeness (QED) is 0.613. The molecule has 0 heterocycles. The van der Waals surface area contributed by atoms with Gasteiger partial charge in [0.25, 0.3) is 0 Å². The summed E-state index contributed by atoms with van der Waals surface area (Å²) in [6.45, 7) is 11.4. The van der Waals surface area contributed by atoms with Gasteiger partial charge in [-0.2, -0.15) is 0 Å². The lowest BCUT2D eigenvalue weighted by Crippen LogP contribution is -2.37. The summed E-state index contributed by atoms with van der Waals surface area (Å²) in [5.74, 6) is 0.814. The van der Waals surface area contributed by atoms with Gasteiger partial charge in [0.15, 0.2) is 0 Å². The zero-order valence-electron chi connectivity index (χ0n) is 13.6. The standard InChI is InChI=1S/C17H30N2O2/c1-4-10-19(5-2)11-9-18-13-16(20)14-21-17-8-6-7-15(3)12-17/h6-8,12,16,18,20H,4-5,9-11,13-14H2,1-3H3. The van der Waals surface area contributed by atoms with Gasteiger partial charge in [0.2, 0.25) is 0 Å². The molecule has 0 fully saturated rings. The van der Waals surface area contributed by atoms with Crippen molar-refractivity contribution >= 4 is 0 Å². The highest BCUT2D eigenvalue weighted by atomic mass is 16.5. The topological polar surface area (TPSA) is 44.7 Å². The van der Waals surface area contributed by atoms with Gasteiger partial charge in [-0.1, -0.05) is 26.0 Å². The molecule has 21 heavy (non-hydrogen) atoms. The number of nitrogens with one attached hydrogen (secondary N) is 1. The van der Waals surface area contributed by atoms with Crippen molar-refractivity contribution in [3.63, 3.8) is 0 Å². The minimum absolute atomic E-state index is 0.322. The number of likely N-dealkylation sites (N-methyl/N-ethyl adjacent to an activating group) is 1. The Bertz CT molecular complexity index is 385. The molecule has 1 aromatic rings. The molecule has 0 radical (unpaired) electrons. The van der Waals surface area contributed by atoms with E-state index in [2.05, 4.69) is 24.1 Å². The van der Waals surface area contributed by atoms with Gasteiger partial charge in [0.1, 0.15) is 18.5 Å². The van der Waals surface area contributed by atoms with Crippen LogP contribution in [-0.2, 0) is 0 Å². The number of hydrogen-bond acceptors (Lipinski definition) is 4. The molecule has 1 rings (SSSR count). The predicted molar refractivity (Wildman–Crippen MR) is 88.0 cm³/mol. The molecule has 2 N–H and O–H groups in total. The number of hydrogen-bond donors (Lipinski definition) is 2. The summed E-state index contributed by atoms with van der Waals surface area (Å²) in [5, 5.41) is 13.2. The molecule has 0 bridgehead atoms. The van der Waals surface area contributed by atoms with E-state index in [1.54, 1.807) is 0 Å². The fourth-order valence-electron chi connectivity index (χ4n) is 2.21. The zero-order valence-corrected chi connectivity index (χ0v) is 13.6. The molecular formula is C17H30N2O2. The van der Waals surface area contributed by atoms with Crippen LogP contribution in [0.25, 0.3) is 0 Å². The Morgan fingerprint density at radius 1 is 1.29 bits per heavy atom. The van der Waals surface area contributed by atoms with Crippen LogP contribution in [0.4, 0.5) is 0 Å². The van der Waals surface area contributed by atoms with Crippen LogP contribution in [0.2, 0.25) is 0 Å². The van der Waals surface area contributed by atoms with Gasteiger partial charge in [-0.15, -0.1) is 0 Å². The third-order valence-corrected chi connectivity index (χ3v) is 3.40. The first-order valence-corrected chi connectivity index (χ1v) is 7.96. The molecule has 1 unspecified atom stereocenters. The summed E-state index contributed by atoms with van der Waals surface area (Å²) in [5.41, 5.74) is 1.16. The SMILES string of the molecule is CCCN(CC)CCNCC(O)COc1cccc(C)c1. The van der Waals surface area contributed by atoms with Gasteiger partial charge in [-0.25, -0.2) is 0 Å². The first-order chi connectivity index (χ1) is 10.2. The van der Waals surface area contributed by atoms with E-state index in [0.717, 1.165) is 37.5 Å². The monoisotopic (exact) mass is 294 g/mol. The Labute approximate surface area is 129 Å². The average Bonchev–Trinajstić information content (AvgIpc) is 2.48. The molecule has 0 saturated carbocycles. The number of nitrogens with zero attached hydrogens (tertiary/aromatic N) is 1. The van der Waals surface area contributed by atoms with Crippen molar-refractivity contribution in [1.29, 1.82) is 0 Å². The second-order valence-corrected chi connectivity index (χ2v) is 5.42. The largest absolute Gasteiger partial charge is 0.491 e. The molecule has 0 aromatic heterocycles. The summed E-state index contributed by atoms with van der Waals surface area (Å²) in [7, 11) is 0. The van der Waals surface area contributed by atoms with E-state index in [1.165, 1.54) is 6.42 Å². The normalized spacial score (nSPS) is 12.6. The summed E-state index contributed by atoms with van der Waals surface area (Å²) in [6, 6.07) is 7.88. The summed E-state index contributed by atoms with van der Waals surface area (Å²) in [6.07, 6.45) is 0.701. The Morgan fingerprint density at radius 3 is 2.76 bits per heavy atom. The molecule has 4 heteroatoms. The third-order valence-electron chi connectivity index (χ3n) is 3.40. The molecular weight excluding hydrogens is 264 g/mol. The van der Waals surface area contributed by atoms with E-state index >= 15 is 0 Å².